The summed E-state index contributed by atoms with van der Waals surface area (Å²) in [5.41, 5.74) is -0.233. The summed E-state index contributed by atoms with van der Waals surface area (Å²) in [7, 11) is 0. The van der Waals surface area contributed by atoms with Crippen LogP contribution in [0.2, 0.25) is 0 Å². The van der Waals surface area contributed by atoms with Crippen molar-refractivity contribution in [3.05, 3.63) is 29.3 Å². The van der Waals surface area contributed by atoms with E-state index in [0.717, 1.165) is 36.6 Å². The Labute approximate surface area is 122 Å². The third kappa shape index (κ3) is 3.28. The minimum Gasteiger partial charge on any atom is -0.302 e. The van der Waals surface area contributed by atoms with Crippen LogP contribution in [-0.4, -0.2) is 18.2 Å². The summed E-state index contributed by atoms with van der Waals surface area (Å²) in [6, 6.07) is 1.64. The zero-order valence-corrected chi connectivity index (χ0v) is 12.1. The Morgan fingerprint density at radius 3 is 2.38 bits per heavy atom. The van der Waals surface area contributed by atoms with Crippen LogP contribution < -0.4 is 4.90 Å². The highest BCUT2D eigenvalue weighted by Crippen LogP contribution is 2.32. The summed E-state index contributed by atoms with van der Waals surface area (Å²) in [6.07, 6.45) is 6.17. The fourth-order valence-corrected chi connectivity index (χ4v) is 2.62. The molecule has 0 aromatic heterocycles. The van der Waals surface area contributed by atoms with Crippen molar-refractivity contribution in [1.29, 1.82) is 0 Å². The zero-order valence-electron chi connectivity index (χ0n) is 12.1. The quantitative estimate of drug-likeness (QED) is 0.566. The molecule has 0 spiro atoms. The number of rotatable bonds is 7. The van der Waals surface area contributed by atoms with Crippen molar-refractivity contribution in [2.45, 2.75) is 45.4 Å². The van der Waals surface area contributed by atoms with E-state index < -0.39 is 23.3 Å². The van der Waals surface area contributed by atoms with Gasteiger partial charge in [-0.2, -0.15) is 0 Å². The molecule has 0 atom stereocenters. The normalized spacial score (nSPS) is 14.0. The molecule has 1 aliphatic heterocycles. The van der Waals surface area contributed by atoms with Crippen molar-refractivity contribution in [3.8, 4) is 0 Å². The van der Waals surface area contributed by atoms with Crippen molar-refractivity contribution in [3.63, 3.8) is 0 Å². The lowest BCUT2D eigenvalue weighted by molar-refractivity contribution is -0.114. The number of halogens is 2. The molecule has 0 unspecified atom stereocenters. The summed E-state index contributed by atoms with van der Waals surface area (Å²) in [4.78, 5) is 24.8. The van der Waals surface area contributed by atoms with Gasteiger partial charge in [0.05, 0.1) is 11.3 Å². The van der Waals surface area contributed by atoms with Crippen LogP contribution in [-0.2, 0) is 4.79 Å². The second kappa shape index (κ2) is 6.78. The van der Waals surface area contributed by atoms with Gasteiger partial charge in [0, 0.05) is 12.6 Å². The number of ketones is 1. The number of carbonyl (C=O) groups is 2. The maximum Gasteiger partial charge on any atom is 0.299 e. The minimum atomic E-state index is -0.852. The highest BCUT2D eigenvalue weighted by atomic mass is 19.1. The summed E-state index contributed by atoms with van der Waals surface area (Å²) in [5.74, 6) is -3.28. The average molecular weight is 295 g/mol. The summed E-state index contributed by atoms with van der Waals surface area (Å²) < 4.78 is 27.0. The van der Waals surface area contributed by atoms with E-state index in [-0.39, 0.29) is 11.3 Å². The van der Waals surface area contributed by atoms with E-state index in [1.165, 1.54) is 6.42 Å². The van der Waals surface area contributed by atoms with E-state index in [9.17, 15) is 18.4 Å². The Hall–Kier alpha value is -1.78. The Morgan fingerprint density at radius 2 is 1.67 bits per heavy atom. The average Bonchev–Trinajstić information content (AvgIpc) is 2.68. The van der Waals surface area contributed by atoms with Crippen molar-refractivity contribution in [2.75, 3.05) is 11.4 Å². The van der Waals surface area contributed by atoms with Crippen molar-refractivity contribution >= 4 is 17.4 Å². The number of unbranched alkanes of at least 4 members (excludes halogenated alkanes) is 5. The Balaban J connectivity index is 2.02. The molecule has 0 N–H and O–H groups in total. The Bertz CT molecular complexity index is 557. The molecule has 0 bridgehead atoms. The molecular formula is C16H19F2NO2. The molecule has 0 saturated heterocycles. The Kier molecular flexibility index (Phi) is 5.04. The lowest BCUT2D eigenvalue weighted by Crippen LogP contribution is -2.31. The van der Waals surface area contributed by atoms with Crippen LogP contribution in [0.1, 0.15) is 55.8 Å². The van der Waals surface area contributed by atoms with E-state index in [1.54, 1.807) is 0 Å². The van der Waals surface area contributed by atoms with E-state index in [1.807, 2.05) is 0 Å². The van der Waals surface area contributed by atoms with E-state index in [2.05, 4.69) is 6.92 Å². The monoisotopic (exact) mass is 295 g/mol. The van der Waals surface area contributed by atoms with Gasteiger partial charge in [-0.25, -0.2) is 8.78 Å². The molecule has 0 fully saturated rings. The SMILES string of the molecule is CCCCCCCCN1C(=O)C(=O)c2cc(F)cc(F)c21. The van der Waals surface area contributed by atoms with Gasteiger partial charge >= 0.3 is 0 Å². The zero-order chi connectivity index (χ0) is 15.4. The van der Waals surface area contributed by atoms with E-state index >= 15 is 0 Å². The van der Waals surface area contributed by atoms with E-state index in [0.29, 0.717) is 19.0 Å². The molecule has 0 radical (unpaired) electrons. The highest BCUT2D eigenvalue weighted by Gasteiger charge is 2.38. The maximum absolute atomic E-state index is 13.8. The molecule has 21 heavy (non-hydrogen) atoms. The molecule has 1 amide bonds. The largest absolute Gasteiger partial charge is 0.302 e. The Morgan fingerprint density at radius 1 is 1.00 bits per heavy atom. The first-order chi connectivity index (χ1) is 10.1. The molecule has 0 saturated carbocycles. The first-order valence-corrected chi connectivity index (χ1v) is 7.41. The van der Waals surface area contributed by atoms with Gasteiger partial charge in [0.2, 0.25) is 0 Å². The van der Waals surface area contributed by atoms with Gasteiger partial charge in [0.15, 0.2) is 5.82 Å². The number of carbonyl (C=O) groups excluding carboxylic acids is 2. The number of amides is 1. The van der Waals surface area contributed by atoms with Crippen molar-refractivity contribution in [1.82, 2.24) is 0 Å². The lowest BCUT2D eigenvalue weighted by atomic mass is 10.1. The van der Waals surface area contributed by atoms with Crippen LogP contribution in [0, 0.1) is 11.6 Å². The number of hydrogen-bond donors (Lipinski definition) is 0. The number of benzene rings is 1. The predicted molar refractivity (Wildman–Crippen MR) is 76.4 cm³/mol. The minimum absolute atomic E-state index is 0.0695. The standard InChI is InChI=1S/C16H19F2NO2/c1-2-3-4-5-6-7-8-19-14-12(15(20)16(19)21)9-11(17)10-13(14)18/h9-10H,2-8H2,1H3. The number of anilines is 1. The van der Waals surface area contributed by atoms with Crippen molar-refractivity contribution < 1.29 is 18.4 Å². The van der Waals surface area contributed by atoms with Crippen LogP contribution in [0.5, 0.6) is 0 Å². The fourth-order valence-electron chi connectivity index (χ4n) is 2.62. The van der Waals surface area contributed by atoms with Gasteiger partial charge in [-0.1, -0.05) is 39.0 Å². The predicted octanol–water partition coefficient (Wildman–Crippen LogP) is 3.85. The topological polar surface area (TPSA) is 37.4 Å². The second-order valence-corrected chi connectivity index (χ2v) is 5.34. The molecule has 114 valence electrons. The summed E-state index contributed by atoms with van der Waals surface area (Å²) >= 11 is 0. The maximum atomic E-state index is 13.8. The van der Waals surface area contributed by atoms with Crippen LogP contribution in [0.15, 0.2) is 12.1 Å². The summed E-state index contributed by atoms with van der Waals surface area (Å²) in [5, 5.41) is 0. The summed E-state index contributed by atoms with van der Waals surface area (Å²) in [6.45, 7) is 2.43. The van der Waals surface area contributed by atoms with Gasteiger partial charge in [-0.05, 0) is 12.5 Å². The van der Waals surface area contributed by atoms with Crippen LogP contribution in [0.3, 0.4) is 0 Å². The second-order valence-electron chi connectivity index (χ2n) is 5.34. The fraction of sp³-hybridized carbons (Fsp3) is 0.500. The third-order valence-electron chi connectivity index (χ3n) is 3.72. The molecule has 1 aromatic carbocycles. The van der Waals surface area contributed by atoms with Crippen molar-refractivity contribution in [2.24, 2.45) is 0 Å². The number of hydrogen-bond acceptors (Lipinski definition) is 2. The van der Waals surface area contributed by atoms with Crippen LogP contribution in [0.25, 0.3) is 0 Å². The molecule has 2 rings (SSSR count). The van der Waals surface area contributed by atoms with Gasteiger partial charge in [-0.3, -0.25) is 9.59 Å². The van der Waals surface area contributed by atoms with E-state index in [4.69, 9.17) is 0 Å². The van der Waals surface area contributed by atoms with Crippen LogP contribution in [0.4, 0.5) is 14.5 Å². The molecule has 1 heterocycles. The first kappa shape index (κ1) is 15.6. The number of nitrogens with zero attached hydrogens (tertiary/aromatic N) is 1. The van der Waals surface area contributed by atoms with Gasteiger partial charge < -0.3 is 4.90 Å². The number of Topliss-reactive ketones (excluding diaryl/α,β-unsaturated/α-hetero) is 1. The molecule has 5 heteroatoms. The van der Waals surface area contributed by atoms with Gasteiger partial charge in [0.25, 0.3) is 11.7 Å². The molecule has 1 aliphatic rings. The van der Waals surface area contributed by atoms with Gasteiger partial charge in [0.1, 0.15) is 5.82 Å². The molecule has 0 aliphatic carbocycles. The smallest absolute Gasteiger partial charge is 0.299 e. The van der Waals surface area contributed by atoms with Gasteiger partial charge in [-0.15, -0.1) is 0 Å². The molecular weight excluding hydrogens is 276 g/mol. The highest BCUT2D eigenvalue weighted by molar-refractivity contribution is 6.52. The third-order valence-corrected chi connectivity index (χ3v) is 3.72. The van der Waals surface area contributed by atoms with Crippen LogP contribution >= 0.6 is 0 Å². The molecule has 3 nitrogen and oxygen atoms in total. The lowest BCUT2D eigenvalue weighted by Gasteiger charge is -2.16. The number of fused-ring (bicyclic) bond motifs is 1. The molecule has 1 aromatic rings. The first-order valence-electron chi connectivity index (χ1n) is 7.41.